The lowest BCUT2D eigenvalue weighted by atomic mass is 10.2. The SMILES string of the molecule is CCOc1c(Br)cc(CN(C)CCC(=O)O)cc1Br. The smallest absolute Gasteiger partial charge is 0.304 e. The second-order valence-electron chi connectivity index (χ2n) is 4.20. The van der Waals surface area contributed by atoms with Crippen molar-refractivity contribution in [1.29, 1.82) is 0 Å². The van der Waals surface area contributed by atoms with Crippen LogP contribution in [0.5, 0.6) is 5.75 Å². The Kier molecular flexibility index (Phi) is 6.82. The van der Waals surface area contributed by atoms with Crippen LogP contribution < -0.4 is 4.74 Å². The molecule has 0 fully saturated rings. The van der Waals surface area contributed by atoms with Crippen molar-refractivity contribution in [2.75, 3.05) is 20.2 Å². The maximum Gasteiger partial charge on any atom is 0.304 e. The van der Waals surface area contributed by atoms with Crippen LogP contribution in [0.2, 0.25) is 0 Å². The van der Waals surface area contributed by atoms with Crippen LogP contribution in [0.25, 0.3) is 0 Å². The number of carboxylic acid groups (broad SMARTS) is 1. The third-order valence-corrected chi connectivity index (χ3v) is 3.68. The average molecular weight is 395 g/mol. The van der Waals surface area contributed by atoms with Gasteiger partial charge in [-0.05, 0) is 63.5 Å². The van der Waals surface area contributed by atoms with Gasteiger partial charge in [0.15, 0.2) is 0 Å². The van der Waals surface area contributed by atoms with E-state index in [0.717, 1.165) is 20.3 Å². The van der Waals surface area contributed by atoms with Crippen LogP contribution in [0.3, 0.4) is 0 Å². The van der Waals surface area contributed by atoms with Gasteiger partial charge in [0.05, 0.1) is 22.0 Å². The van der Waals surface area contributed by atoms with Gasteiger partial charge >= 0.3 is 5.97 Å². The van der Waals surface area contributed by atoms with Crippen LogP contribution >= 0.6 is 31.9 Å². The second-order valence-corrected chi connectivity index (χ2v) is 5.91. The molecule has 6 heteroatoms. The number of ether oxygens (including phenoxy) is 1. The minimum absolute atomic E-state index is 0.149. The van der Waals surface area contributed by atoms with Crippen molar-refractivity contribution >= 4 is 37.8 Å². The summed E-state index contributed by atoms with van der Waals surface area (Å²) in [5.41, 5.74) is 1.09. The summed E-state index contributed by atoms with van der Waals surface area (Å²) in [6.07, 6.45) is 0.149. The molecule has 0 saturated carbocycles. The molecule has 0 spiro atoms. The summed E-state index contributed by atoms with van der Waals surface area (Å²) < 4.78 is 7.31. The molecular formula is C13H17Br2NO3. The summed E-state index contributed by atoms with van der Waals surface area (Å²) >= 11 is 6.97. The summed E-state index contributed by atoms with van der Waals surface area (Å²) in [6.45, 7) is 3.76. The maximum absolute atomic E-state index is 10.5. The second kappa shape index (κ2) is 7.87. The Morgan fingerprint density at radius 3 is 2.42 bits per heavy atom. The molecule has 19 heavy (non-hydrogen) atoms. The molecule has 106 valence electrons. The quantitative estimate of drug-likeness (QED) is 0.768. The van der Waals surface area contributed by atoms with Gasteiger partial charge in [0.1, 0.15) is 5.75 Å². The number of carboxylic acids is 1. The topological polar surface area (TPSA) is 49.8 Å². The largest absolute Gasteiger partial charge is 0.492 e. The fourth-order valence-electron chi connectivity index (χ4n) is 1.66. The molecule has 1 rings (SSSR count). The summed E-state index contributed by atoms with van der Waals surface area (Å²) in [5, 5.41) is 8.65. The molecule has 0 radical (unpaired) electrons. The molecule has 0 heterocycles. The molecular weight excluding hydrogens is 378 g/mol. The van der Waals surface area contributed by atoms with Crippen molar-refractivity contribution in [2.24, 2.45) is 0 Å². The van der Waals surface area contributed by atoms with Crippen molar-refractivity contribution in [3.8, 4) is 5.75 Å². The lowest BCUT2D eigenvalue weighted by Crippen LogP contribution is -2.21. The molecule has 1 N–H and O–H groups in total. The van der Waals surface area contributed by atoms with Gasteiger partial charge in [0.2, 0.25) is 0 Å². The standard InChI is InChI=1S/C13H17Br2NO3/c1-3-19-13-10(14)6-9(7-11(13)15)8-16(2)5-4-12(17)18/h6-7H,3-5,8H2,1-2H3,(H,17,18). The molecule has 1 aromatic rings. The number of aliphatic carboxylic acids is 1. The van der Waals surface area contributed by atoms with Gasteiger partial charge in [-0.25, -0.2) is 0 Å². The van der Waals surface area contributed by atoms with E-state index in [1.807, 2.05) is 31.0 Å². The highest BCUT2D eigenvalue weighted by Crippen LogP contribution is 2.35. The highest BCUT2D eigenvalue weighted by atomic mass is 79.9. The van der Waals surface area contributed by atoms with Crippen LogP contribution in [-0.2, 0) is 11.3 Å². The predicted octanol–water partition coefficient (Wildman–Crippen LogP) is 3.52. The predicted molar refractivity (Wildman–Crippen MR) is 81.6 cm³/mol. The molecule has 4 nitrogen and oxygen atoms in total. The first-order valence-corrected chi connectivity index (χ1v) is 7.53. The minimum Gasteiger partial charge on any atom is -0.492 e. The van der Waals surface area contributed by atoms with Crippen LogP contribution in [0.4, 0.5) is 0 Å². The first-order valence-electron chi connectivity index (χ1n) is 5.95. The fourth-order valence-corrected chi connectivity index (χ4v) is 3.17. The number of hydrogen-bond donors (Lipinski definition) is 1. The molecule has 0 atom stereocenters. The first kappa shape index (κ1) is 16.5. The third kappa shape index (κ3) is 5.50. The van der Waals surface area contributed by atoms with E-state index in [2.05, 4.69) is 31.9 Å². The highest BCUT2D eigenvalue weighted by Gasteiger charge is 2.10. The Hall–Kier alpha value is -0.590. The van der Waals surface area contributed by atoms with Crippen molar-refractivity contribution in [3.63, 3.8) is 0 Å². The number of carbonyl (C=O) groups is 1. The Morgan fingerprint density at radius 1 is 1.37 bits per heavy atom. The first-order chi connectivity index (χ1) is 8.93. The fraction of sp³-hybridized carbons (Fsp3) is 0.462. The monoisotopic (exact) mass is 393 g/mol. The number of benzene rings is 1. The molecule has 0 amide bonds. The zero-order valence-electron chi connectivity index (χ0n) is 10.9. The normalized spacial score (nSPS) is 10.8. The lowest BCUT2D eigenvalue weighted by Gasteiger charge is -2.17. The van der Waals surface area contributed by atoms with Crippen molar-refractivity contribution < 1.29 is 14.6 Å². The molecule has 0 aromatic heterocycles. The van der Waals surface area contributed by atoms with Crippen LogP contribution in [0.15, 0.2) is 21.1 Å². The summed E-state index contributed by atoms with van der Waals surface area (Å²) in [6, 6.07) is 3.99. The van der Waals surface area contributed by atoms with Gasteiger partial charge in [-0.1, -0.05) is 0 Å². The van der Waals surface area contributed by atoms with E-state index in [1.54, 1.807) is 0 Å². The van der Waals surface area contributed by atoms with E-state index in [0.29, 0.717) is 19.7 Å². The number of halogens is 2. The Labute approximate surface area is 130 Å². The third-order valence-electron chi connectivity index (χ3n) is 2.51. The van der Waals surface area contributed by atoms with Gasteiger partial charge in [0, 0.05) is 13.1 Å². The molecule has 0 aliphatic rings. The molecule has 0 bridgehead atoms. The van der Waals surface area contributed by atoms with Gasteiger partial charge in [-0.2, -0.15) is 0 Å². The summed E-state index contributed by atoms with van der Waals surface area (Å²) in [4.78, 5) is 12.5. The lowest BCUT2D eigenvalue weighted by molar-refractivity contribution is -0.137. The van der Waals surface area contributed by atoms with Gasteiger partial charge in [-0.3, -0.25) is 4.79 Å². The number of hydrogen-bond acceptors (Lipinski definition) is 3. The highest BCUT2D eigenvalue weighted by molar-refractivity contribution is 9.11. The summed E-state index contributed by atoms with van der Waals surface area (Å²) in [7, 11) is 1.90. The van der Waals surface area contributed by atoms with Crippen molar-refractivity contribution in [3.05, 3.63) is 26.6 Å². The molecule has 0 aliphatic heterocycles. The van der Waals surface area contributed by atoms with Gasteiger partial charge < -0.3 is 14.7 Å². The van der Waals surface area contributed by atoms with E-state index in [4.69, 9.17) is 9.84 Å². The van der Waals surface area contributed by atoms with E-state index >= 15 is 0 Å². The molecule has 1 aromatic carbocycles. The number of rotatable bonds is 7. The maximum atomic E-state index is 10.5. The Morgan fingerprint density at radius 2 is 1.95 bits per heavy atom. The summed E-state index contributed by atoms with van der Waals surface area (Å²) in [5.74, 6) is 0.0142. The average Bonchev–Trinajstić information content (AvgIpc) is 2.31. The Bertz CT molecular complexity index is 429. The Balaban J connectivity index is 2.72. The van der Waals surface area contributed by atoms with E-state index in [9.17, 15) is 4.79 Å². The van der Waals surface area contributed by atoms with Gasteiger partial charge in [0.25, 0.3) is 0 Å². The number of nitrogens with zero attached hydrogens (tertiary/aromatic N) is 1. The van der Waals surface area contributed by atoms with Crippen LogP contribution in [0.1, 0.15) is 18.9 Å². The molecule has 0 unspecified atom stereocenters. The van der Waals surface area contributed by atoms with Crippen LogP contribution in [0, 0.1) is 0 Å². The minimum atomic E-state index is -0.777. The van der Waals surface area contributed by atoms with E-state index < -0.39 is 5.97 Å². The van der Waals surface area contributed by atoms with E-state index in [-0.39, 0.29) is 6.42 Å². The van der Waals surface area contributed by atoms with Gasteiger partial charge in [-0.15, -0.1) is 0 Å². The van der Waals surface area contributed by atoms with Crippen molar-refractivity contribution in [1.82, 2.24) is 4.90 Å². The van der Waals surface area contributed by atoms with Crippen molar-refractivity contribution in [2.45, 2.75) is 19.9 Å². The van der Waals surface area contributed by atoms with E-state index in [1.165, 1.54) is 0 Å². The zero-order chi connectivity index (χ0) is 14.4. The van der Waals surface area contributed by atoms with Crippen LogP contribution in [-0.4, -0.2) is 36.2 Å². The molecule has 0 saturated heterocycles. The zero-order valence-corrected chi connectivity index (χ0v) is 14.1. The molecule has 0 aliphatic carbocycles.